The maximum Gasteiger partial charge on any atom is 0.420 e. The summed E-state index contributed by atoms with van der Waals surface area (Å²) in [6.45, 7) is 2.90. The quantitative estimate of drug-likeness (QED) is 0.864. The summed E-state index contributed by atoms with van der Waals surface area (Å²) in [5.74, 6) is -1.98. The molecule has 0 bridgehead atoms. The lowest BCUT2D eigenvalue weighted by Gasteiger charge is -2.26. The van der Waals surface area contributed by atoms with Crippen LogP contribution in [0.5, 0.6) is 0 Å². The minimum Gasteiger partial charge on any atom is -0.480 e. The van der Waals surface area contributed by atoms with Crippen molar-refractivity contribution < 1.29 is 29.3 Å². The number of hydrogen-bond acceptors (Lipinski definition) is 4. The highest BCUT2D eigenvalue weighted by molar-refractivity contribution is 5.92. The molecule has 0 aliphatic carbocycles. The van der Waals surface area contributed by atoms with Crippen LogP contribution in [0.2, 0.25) is 0 Å². The number of amides is 2. The summed E-state index contributed by atoms with van der Waals surface area (Å²) in [4.78, 5) is 34.4. The monoisotopic (exact) mass is 295 g/mol. The zero-order valence-corrected chi connectivity index (χ0v) is 11.7. The van der Waals surface area contributed by atoms with Gasteiger partial charge in [0, 0.05) is 0 Å². The molecule has 0 saturated carbocycles. The van der Waals surface area contributed by atoms with E-state index < -0.39 is 30.1 Å². The van der Waals surface area contributed by atoms with E-state index in [1.165, 1.54) is 13.8 Å². The average molecular weight is 295 g/mol. The van der Waals surface area contributed by atoms with Crippen LogP contribution >= 0.6 is 0 Å². The lowest BCUT2D eigenvalue weighted by Crippen LogP contribution is -2.50. The van der Waals surface area contributed by atoms with Crippen molar-refractivity contribution in [2.75, 3.05) is 0 Å². The van der Waals surface area contributed by atoms with Crippen LogP contribution in [0.25, 0.3) is 0 Å². The number of benzene rings is 1. The summed E-state index contributed by atoms with van der Waals surface area (Å²) >= 11 is 0. The van der Waals surface area contributed by atoms with Crippen LogP contribution in [0.4, 0.5) is 9.59 Å². The second kappa shape index (κ2) is 7.28. The molecule has 7 nitrogen and oxygen atoms in total. The molecule has 0 spiro atoms. The van der Waals surface area contributed by atoms with Gasteiger partial charge in [-0.15, -0.1) is 0 Å². The van der Waals surface area contributed by atoms with Gasteiger partial charge in [0.15, 0.2) is 0 Å². The minimum absolute atomic E-state index is 0.131. The number of hydrogen-bond donors (Lipinski definition) is 2. The van der Waals surface area contributed by atoms with E-state index in [4.69, 9.17) is 14.9 Å². The van der Waals surface area contributed by atoms with E-state index in [-0.39, 0.29) is 11.5 Å². The number of rotatable bonds is 5. The summed E-state index contributed by atoms with van der Waals surface area (Å²) in [6.07, 6.45) is -2.86. The fourth-order valence-corrected chi connectivity index (χ4v) is 1.79. The van der Waals surface area contributed by atoms with Gasteiger partial charge in [-0.25, -0.2) is 14.4 Å². The first-order chi connectivity index (χ1) is 9.84. The van der Waals surface area contributed by atoms with Crippen molar-refractivity contribution in [2.24, 2.45) is 5.92 Å². The van der Waals surface area contributed by atoms with E-state index in [1.54, 1.807) is 30.3 Å². The molecule has 114 valence electrons. The topological polar surface area (TPSA) is 104 Å². The summed E-state index contributed by atoms with van der Waals surface area (Å²) in [7, 11) is 0. The molecule has 1 atom stereocenters. The molecule has 0 aromatic heterocycles. The number of carboxylic acids is 1. The maximum absolute atomic E-state index is 11.9. The van der Waals surface area contributed by atoms with Crippen molar-refractivity contribution >= 4 is 18.2 Å². The van der Waals surface area contributed by atoms with Crippen molar-refractivity contribution in [3.8, 4) is 0 Å². The summed E-state index contributed by atoms with van der Waals surface area (Å²) in [5, 5.41) is 18.2. The van der Waals surface area contributed by atoms with E-state index in [9.17, 15) is 14.4 Å². The fraction of sp³-hybridized carbons (Fsp3) is 0.357. The van der Waals surface area contributed by atoms with E-state index in [1.807, 2.05) is 0 Å². The molecule has 2 N–H and O–H groups in total. The number of carboxylic acid groups (broad SMARTS) is 2. The molecule has 0 saturated heterocycles. The predicted octanol–water partition coefficient (Wildman–Crippen LogP) is 2.41. The van der Waals surface area contributed by atoms with Crippen molar-refractivity contribution in [1.82, 2.24) is 4.90 Å². The van der Waals surface area contributed by atoms with Gasteiger partial charge < -0.3 is 14.9 Å². The van der Waals surface area contributed by atoms with Crippen LogP contribution in [0.1, 0.15) is 19.4 Å². The predicted molar refractivity (Wildman–Crippen MR) is 72.8 cm³/mol. The van der Waals surface area contributed by atoms with Gasteiger partial charge >= 0.3 is 18.2 Å². The zero-order chi connectivity index (χ0) is 16.0. The van der Waals surface area contributed by atoms with Gasteiger partial charge in [-0.05, 0) is 11.5 Å². The molecule has 0 radical (unpaired) electrons. The highest BCUT2D eigenvalue weighted by Gasteiger charge is 2.38. The van der Waals surface area contributed by atoms with Crippen LogP contribution in [-0.4, -0.2) is 39.3 Å². The maximum atomic E-state index is 11.9. The SMILES string of the molecule is CC(C)[C@@H](C(=O)O)N(C(=O)O)C(=O)OCc1ccccc1. The molecule has 0 fully saturated rings. The van der Waals surface area contributed by atoms with Crippen LogP contribution in [0.15, 0.2) is 30.3 Å². The Morgan fingerprint density at radius 2 is 1.71 bits per heavy atom. The molecule has 0 unspecified atom stereocenters. The Labute approximate surface area is 121 Å². The number of aliphatic carboxylic acids is 1. The Balaban J connectivity index is 2.83. The van der Waals surface area contributed by atoms with E-state index in [0.717, 1.165) is 0 Å². The molecule has 1 aromatic rings. The molecule has 0 heterocycles. The molecule has 1 rings (SSSR count). The van der Waals surface area contributed by atoms with E-state index >= 15 is 0 Å². The van der Waals surface area contributed by atoms with Crippen molar-refractivity contribution in [2.45, 2.75) is 26.5 Å². The molecular formula is C14H17NO6. The Kier molecular flexibility index (Phi) is 5.71. The second-order valence-corrected chi connectivity index (χ2v) is 4.72. The molecule has 2 amide bonds. The Morgan fingerprint density at radius 3 is 2.14 bits per heavy atom. The van der Waals surface area contributed by atoms with Gasteiger partial charge in [0.2, 0.25) is 0 Å². The van der Waals surface area contributed by atoms with Crippen molar-refractivity contribution in [3.63, 3.8) is 0 Å². The van der Waals surface area contributed by atoms with Crippen LogP contribution in [0.3, 0.4) is 0 Å². The normalized spacial score (nSPS) is 11.8. The first-order valence-electron chi connectivity index (χ1n) is 6.30. The van der Waals surface area contributed by atoms with Gasteiger partial charge in [0.05, 0.1) is 0 Å². The zero-order valence-electron chi connectivity index (χ0n) is 11.7. The Bertz CT molecular complexity index is 513. The summed E-state index contributed by atoms with van der Waals surface area (Å²) < 4.78 is 4.88. The van der Waals surface area contributed by atoms with Crippen molar-refractivity contribution in [3.05, 3.63) is 35.9 Å². The summed E-state index contributed by atoms with van der Waals surface area (Å²) in [5.41, 5.74) is 0.674. The van der Waals surface area contributed by atoms with Crippen molar-refractivity contribution in [1.29, 1.82) is 0 Å². The van der Waals surface area contributed by atoms with E-state index in [0.29, 0.717) is 5.56 Å². The smallest absolute Gasteiger partial charge is 0.420 e. The number of imide groups is 1. The van der Waals surface area contributed by atoms with Crippen LogP contribution in [0, 0.1) is 5.92 Å². The van der Waals surface area contributed by atoms with Gasteiger partial charge in [-0.3, -0.25) is 0 Å². The van der Waals surface area contributed by atoms with Gasteiger partial charge in [-0.2, -0.15) is 4.90 Å². The molecule has 0 aliphatic heterocycles. The lowest BCUT2D eigenvalue weighted by atomic mass is 10.0. The Morgan fingerprint density at radius 1 is 1.14 bits per heavy atom. The van der Waals surface area contributed by atoms with Gasteiger partial charge in [0.1, 0.15) is 12.6 Å². The summed E-state index contributed by atoms with van der Waals surface area (Å²) in [6, 6.07) is 7.18. The first kappa shape index (κ1) is 16.5. The van der Waals surface area contributed by atoms with E-state index in [2.05, 4.69) is 0 Å². The third kappa shape index (κ3) is 4.48. The standard InChI is InChI=1S/C14H17NO6/c1-9(2)11(12(16)17)15(13(18)19)14(20)21-8-10-6-4-3-5-7-10/h3-7,9,11H,8H2,1-2H3,(H,16,17)(H,18,19)/t11-/m0/s1. The first-order valence-corrected chi connectivity index (χ1v) is 6.30. The Hall–Kier alpha value is -2.57. The molecular weight excluding hydrogens is 278 g/mol. The van der Waals surface area contributed by atoms with Crippen LogP contribution in [-0.2, 0) is 16.1 Å². The highest BCUT2D eigenvalue weighted by Crippen LogP contribution is 2.14. The van der Waals surface area contributed by atoms with Crippen LogP contribution < -0.4 is 0 Å². The number of ether oxygens (including phenoxy) is 1. The highest BCUT2D eigenvalue weighted by atomic mass is 16.6. The number of nitrogens with zero attached hydrogens (tertiary/aromatic N) is 1. The number of carbonyl (C=O) groups is 3. The minimum atomic E-state index is -1.66. The largest absolute Gasteiger partial charge is 0.480 e. The molecule has 7 heteroatoms. The number of carbonyl (C=O) groups excluding carboxylic acids is 1. The third-order valence-corrected chi connectivity index (χ3v) is 2.77. The fourth-order valence-electron chi connectivity index (χ4n) is 1.79. The van der Waals surface area contributed by atoms with Gasteiger partial charge in [-0.1, -0.05) is 44.2 Å². The molecule has 1 aromatic carbocycles. The molecule has 0 aliphatic rings. The lowest BCUT2D eigenvalue weighted by molar-refractivity contribution is -0.143. The average Bonchev–Trinajstić information content (AvgIpc) is 2.41. The van der Waals surface area contributed by atoms with Gasteiger partial charge in [0.25, 0.3) is 0 Å². The molecule has 21 heavy (non-hydrogen) atoms. The second-order valence-electron chi connectivity index (χ2n) is 4.72. The third-order valence-electron chi connectivity index (χ3n) is 2.77.